The number of nitrogens with one attached hydrogen (secondary N) is 1. The Labute approximate surface area is 171 Å². The molecule has 2 aromatic rings. The minimum atomic E-state index is -0.275. The Morgan fingerprint density at radius 2 is 1.89 bits per heavy atom. The molecule has 0 bridgehead atoms. The molecule has 1 fully saturated rings. The first-order valence-electron chi connectivity index (χ1n) is 9.78. The Morgan fingerprint density at radius 1 is 1.21 bits per heavy atom. The number of carbonyl (C=O) groups is 1. The van der Waals surface area contributed by atoms with Gasteiger partial charge in [0, 0.05) is 38.3 Å². The second-order valence-corrected chi connectivity index (χ2v) is 7.39. The monoisotopic (exact) mass is 402 g/mol. The maximum absolute atomic E-state index is 12.9. The predicted octanol–water partition coefficient (Wildman–Crippen LogP) is 3.45. The van der Waals surface area contributed by atoms with Crippen LogP contribution >= 0.6 is 11.6 Å². The van der Waals surface area contributed by atoms with Crippen LogP contribution in [-0.4, -0.2) is 48.7 Å². The van der Waals surface area contributed by atoms with E-state index in [-0.39, 0.29) is 22.0 Å². The molecule has 1 aromatic heterocycles. The number of benzene rings is 1. The lowest BCUT2D eigenvalue weighted by Crippen LogP contribution is -2.44. The molecule has 28 heavy (non-hydrogen) atoms. The molecular weight excluding hydrogens is 376 g/mol. The van der Waals surface area contributed by atoms with Gasteiger partial charge in [-0.15, -0.1) is 0 Å². The number of hydrogen-bond donors (Lipinski definition) is 1. The van der Waals surface area contributed by atoms with E-state index < -0.39 is 0 Å². The lowest BCUT2D eigenvalue weighted by molar-refractivity contribution is 0.0486. The Kier molecular flexibility index (Phi) is 6.86. The molecule has 1 aromatic carbocycles. The van der Waals surface area contributed by atoms with E-state index in [1.165, 1.54) is 11.8 Å². The number of rotatable bonds is 7. The molecule has 0 unspecified atom stereocenters. The van der Waals surface area contributed by atoms with Gasteiger partial charge in [-0.05, 0) is 32.3 Å². The highest BCUT2D eigenvalue weighted by molar-refractivity contribution is 6.33. The largest absolute Gasteiger partial charge is 0.381 e. The van der Waals surface area contributed by atoms with Crippen molar-refractivity contribution in [3.8, 4) is 0 Å². The first-order valence-corrected chi connectivity index (χ1v) is 10.2. The normalized spacial score (nSPS) is 15.8. The second-order valence-electron chi connectivity index (χ2n) is 6.98. The fourth-order valence-corrected chi connectivity index (χ4v) is 3.81. The molecule has 0 atom stereocenters. The van der Waals surface area contributed by atoms with E-state index in [4.69, 9.17) is 16.3 Å². The summed E-state index contributed by atoms with van der Waals surface area (Å²) >= 11 is 6.23. The van der Waals surface area contributed by atoms with E-state index in [9.17, 15) is 4.79 Å². The molecule has 3 rings (SSSR count). The predicted molar refractivity (Wildman–Crippen MR) is 111 cm³/mol. The number of anilines is 1. The van der Waals surface area contributed by atoms with E-state index in [2.05, 4.69) is 27.4 Å². The number of aromatic nitrogens is 2. The standard InChI is InChI=1S/C21H27ClN4O2/c1-3-26(4-2)20-23-14-17(22)18(25-20)19(27)24-15-21(10-12-28-13-11-21)16-8-6-5-7-9-16/h5-9,14H,3-4,10-13,15H2,1-2H3,(H,24,27). The van der Waals surface area contributed by atoms with E-state index in [1.54, 1.807) is 0 Å². The number of ether oxygens (including phenoxy) is 1. The fourth-order valence-electron chi connectivity index (χ4n) is 3.63. The average Bonchev–Trinajstić information content (AvgIpc) is 2.75. The van der Waals surface area contributed by atoms with Crippen LogP contribution in [-0.2, 0) is 10.2 Å². The van der Waals surface area contributed by atoms with Crippen molar-refractivity contribution in [2.24, 2.45) is 0 Å². The lowest BCUT2D eigenvalue weighted by Gasteiger charge is -2.38. The third kappa shape index (κ3) is 4.45. The summed E-state index contributed by atoms with van der Waals surface area (Å²) in [5.41, 5.74) is 1.29. The molecule has 0 saturated carbocycles. The van der Waals surface area contributed by atoms with Crippen molar-refractivity contribution in [3.63, 3.8) is 0 Å². The number of carbonyl (C=O) groups excluding carboxylic acids is 1. The number of nitrogens with zero attached hydrogens (tertiary/aromatic N) is 3. The smallest absolute Gasteiger partial charge is 0.271 e. The first kappa shape index (κ1) is 20.6. The Hall–Kier alpha value is -2.18. The van der Waals surface area contributed by atoms with Gasteiger partial charge in [-0.25, -0.2) is 9.97 Å². The highest BCUT2D eigenvalue weighted by atomic mass is 35.5. The highest BCUT2D eigenvalue weighted by Gasteiger charge is 2.35. The van der Waals surface area contributed by atoms with Crippen molar-refractivity contribution in [1.82, 2.24) is 15.3 Å². The van der Waals surface area contributed by atoms with Crippen molar-refractivity contribution < 1.29 is 9.53 Å². The molecule has 0 radical (unpaired) electrons. The molecule has 6 nitrogen and oxygen atoms in total. The van der Waals surface area contributed by atoms with E-state index in [0.717, 1.165) is 25.9 Å². The lowest BCUT2D eigenvalue weighted by atomic mass is 9.74. The van der Waals surface area contributed by atoms with Gasteiger partial charge in [0.15, 0.2) is 5.69 Å². The molecule has 1 saturated heterocycles. The maximum atomic E-state index is 12.9. The van der Waals surface area contributed by atoms with E-state index in [1.807, 2.05) is 36.9 Å². The molecule has 1 aliphatic rings. The zero-order valence-corrected chi connectivity index (χ0v) is 17.2. The van der Waals surface area contributed by atoms with Gasteiger partial charge >= 0.3 is 0 Å². The zero-order valence-electron chi connectivity index (χ0n) is 16.4. The zero-order chi connectivity index (χ0) is 20.0. The molecule has 1 aliphatic heterocycles. The number of halogens is 1. The van der Waals surface area contributed by atoms with Gasteiger partial charge in [0.1, 0.15) is 0 Å². The molecular formula is C21H27ClN4O2. The Bertz CT molecular complexity index is 790. The summed E-state index contributed by atoms with van der Waals surface area (Å²) in [6.45, 7) is 7.45. The number of hydrogen-bond acceptors (Lipinski definition) is 5. The van der Waals surface area contributed by atoms with Gasteiger partial charge in [-0.1, -0.05) is 41.9 Å². The minimum Gasteiger partial charge on any atom is -0.381 e. The van der Waals surface area contributed by atoms with Crippen LogP contribution in [0.25, 0.3) is 0 Å². The van der Waals surface area contributed by atoms with Crippen LogP contribution in [0, 0.1) is 0 Å². The molecule has 2 heterocycles. The fraction of sp³-hybridized carbons (Fsp3) is 0.476. The van der Waals surface area contributed by atoms with Crippen LogP contribution in [0.2, 0.25) is 5.02 Å². The summed E-state index contributed by atoms with van der Waals surface area (Å²) in [4.78, 5) is 23.6. The minimum absolute atomic E-state index is 0.142. The van der Waals surface area contributed by atoms with Crippen LogP contribution in [0.1, 0.15) is 42.7 Å². The van der Waals surface area contributed by atoms with Crippen LogP contribution in [0.4, 0.5) is 5.95 Å². The van der Waals surface area contributed by atoms with Gasteiger partial charge in [-0.3, -0.25) is 4.79 Å². The van der Waals surface area contributed by atoms with Crippen molar-refractivity contribution in [2.75, 3.05) is 37.7 Å². The third-order valence-corrected chi connectivity index (χ3v) is 5.69. The van der Waals surface area contributed by atoms with Crippen LogP contribution in [0.5, 0.6) is 0 Å². The van der Waals surface area contributed by atoms with E-state index >= 15 is 0 Å². The van der Waals surface area contributed by atoms with Crippen LogP contribution in [0.15, 0.2) is 36.5 Å². The van der Waals surface area contributed by atoms with Gasteiger partial charge in [0.2, 0.25) is 5.95 Å². The van der Waals surface area contributed by atoms with Crippen molar-refractivity contribution in [2.45, 2.75) is 32.1 Å². The summed E-state index contributed by atoms with van der Waals surface area (Å²) in [6.07, 6.45) is 3.22. The molecule has 7 heteroatoms. The highest BCUT2D eigenvalue weighted by Crippen LogP contribution is 2.34. The van der Waals surface area contributed by atoms with Gasteiger partial charge in [0.05, 0.1) is 11.2 Å². The Balaban J connectivity index is 1.79. The second kappa shape index (κ2) is 9.34. The van der Waals surface area contributed by atoms with Gasteiger partial charge in [0.25, 0.3) is 5.91 Å². The molecule has 150 valence electrons. The molecule has 0 spiro atoms. The van der Waals surface area contributed by atoms with Crippen LogP contribution in [0.3, 0.4) is 0 Å². The van der Waals surface area contributed by atoms with Crippen molar-refractivity contribution in [3.05, 3.63) is 52.8 Å². The van der Waals surface area contributed by atoms with E-state index in [0.29, 0.717) is 25.7 Å². The SMILES string of the molecule is CCN(CC)c1ncc(Cl)c(C(=O)NCC2(c3ccccc3)CCOCC2)n1. The quantitative estimate of drug-likeness (QED) is 0.768. The topological polar surface area (TPSA) is 67.4 Å². The third-order valence-electron chi connectivity index (χ3n) is 5.42. The van der Waals surface area contributed by atoms with Crippen LogP contribution < -0.4 is 10.2 Å². The summed E-state index contributed by atoms with van der Waals surface area (Å²) < 4.78 is 5.56. The summed E-state index contributed by atoms with van der Waals surface area (Å²) in [5, 5.41) is 3.32. The average molecular weight is 403 g/mol. The van der Waals surface area contributed by atoms with Gasteiger partial charge in [-0.2, -0.15) is 0 Å². The van der Waals surface area contributed by atoms with Crippen molar-refractivity contribution >= 4 is 23.5 Å². The first-order chi connectivity index (χ1) is 13.6. The maximum Gasteiger partial charge on any atom is 0.271 e. The molecule has 1 amide bonds. The molecule has 1 N–H and O–H groups in total. The number of amides is 1. The van der Waals surface area contributed by atoms with Gasteiger partial charge < -0.3 is 15.0 Å². The molecule has 0 aliphatic carbocycles. The van der Waals surface area contributed by atoms with Crippen molar-refractivity contribution in [1.29, 1.82) is 0 Å². The summed E-state index contributed by atoms with van der Waals surface area (Å²) in [6, 6.07) is 10.3. The summed E-state index contributed by atoms with van der Waals surface area (Å²) in [7, 11) is 0. The summed E-state index contributed by atoms with van der Waals surface area (Å²) in [5.74, 6) is 0.242. The Morgan fingerprint density at radius 3 is 2.54 bits per heavy atom.